The smallest absolute Gasteiger partial charge is 0.258 e. The second-order valence-electron chi connectivity index (χ2n) is 3.71. The van der Waals surface area contributed by atoms with E-state index in [4.69, 9.17) is 46.4 Å². The lowest BCUT2D eigenvalue weighted by Crippen LogP contribution is -2.13. The van der Waals surface area contributed by atoms with Gasteiger partial charge in [0.05, 0.1) is 15.6 Å². The van der Waals surface area contributed by atoms with E-state index in [1.165, 1.54) is 24.3 Å². The number of aromatic hydroxyl groups is 1. The predicted molar refractivity (Wildman–Crippen MR) is 80.3 cm³/mol. The van der Waals surface area contributed by atoms with E-state index < -0.39 is 5.91 Å². The van der Waals surface area contributed by atoms with Crippen molar-refractivity contribution in [3.8, 4) is 5.75 Å². The third-order valence-electron chi connectivity index (χ3n) is 2.33. The Labute approximate surface area is 134 Å². The summed E-state index contributed by atoms with van der Waals surface area (Å²) in [5, 5.41) is 12.2. The number of hydrogen-bond acceptors (Lipinski definition) is 3. The van der Waals surface area contributed by atoms with Crippen molar-refractivity contribution in [2.24, 2.45) is 0 Å². The number of phenols is 1. The fraction of sp³-hybridized carbons (Fsp3) is 0. The molecule has 1 aromatic heterocycles. The van der Waals surface area contributed by atoms with Crippen molar-refractivity contribution < 1.29 is 9.90 Å². The Hall–Kier alpha value is -1.20. The molecule has 0 radical (unpaired) electrons. The summed E-state index contributed by atoms with van der Waals surface area (Å²) in [5.74, 6) is -0.755. The van der Waals surface area contributed by atoms with Gasteiger partial charge in [0.15, 0.2) is 5.75 Å². The molecule has 2 N–H and O–H groups in total. The van der Waals surface area contributed by atoms with Gasteiger partial charge in [0, 0.05) is 5.69 Å². The van der Waals surface area contributed by atoms with E-state index in [2.05, 4.69) is 10.3 Å². The lowest BCUT2D eigenvalue weighted by molar-refractivity contribution is 0.102. The molecule has 1 aromatic carbocycles. The van der Waals surface area contributed by atoms with E-state index in [1.807, 2.05) is 0 Å². The second kappa shape index (κ2) is 6.06. The van der Waals surface area contributed by atoms with Crippen LogP contribution < -0.4 is 5.32 Å². The van der Waals surface area contributed by atoms with Crippen LogP contribution >= 0.6 is 46.4 Å². The van der Waals surface area contributed by atoms with E-state index in [0.29, 0.717) is 5.69 Å². The van der Waals surface area contributed by atoms with Crippen LogP contribution in [0.4, 0.5) is 5.69 Å². The van der Waals surface area contributed by atoms with Crippen LogP contribution in [-0.4, -0.2) is 16.0 Å². The van der Waals surface area contributed by atoms with Crippen LogP contribution in [0.2, 0.25) is 20.4 Å². The molecule has 0 aliphatic rings. The molecule has 0 bridgehead atoms. The number of phenolic OH excluding ortho intramolecular Hbond substituents is 1. The van der Waals surface area contributed by atoms with Gasteiger partial charge >= 0.3 is 0 Å². The number of amides is 1. The zero-order chi connectivity index (χ0) is 14.9. The first kappa shape index (κ1) is 15.2. The maximum atomic E-state index is 12.0. The van der Waals surface area contributed by atoms with Crippen molar-refractivity contribution in [1.82, 2.24) is 4.98 Å². The molecule has 104 valence electrons. The maximum absolute atomic E-state index is 12.0. The summed E-state index contributed by atoms with van der Waals surface area (Å²) in [7, 11) is 0. The molecule has 0 saturated carbocycles. The molecule has 0 aliphatic carbocycles. The Morgan fingerprint density at radius 3 is 2.25 bits per heavy atom. The van der Waals surface area contributed by atoms with Gasteiger partial charge in [0.2, 0.25) is 0 Å². The molecule has 20 heavy (non-hydrogen) atoms. The van der Waals surface area contributed by atoms with Crippen LogP contribution in [0.3, 0.4) is 0 Å². The van der Waals surface area contributed by atoms with Crippen LogP contribution in [-0.2, 0) is 0 Å². The van der Waals surface area contributed by atoms with Crippen molar-refractivity contribution in [2.75, 3.05) is 5.32 Å². The van der Waals surface area contributed by atoms with Gasteiger partial charge in [-0.3, -0.25) is 4.79 Å². The lowest BCUT2D eigenvalue weighted by Gasteiger charge is -2.08. The Balaban J connectivity index is 2.28. The fourth-order valence-corrected chi connectivity index (χ4v) is 2.34. The average Bonchev–Trinajstić information content (AvgIpc) is 2.35. The second-order valence-corrected chi connectivity index (χ2v) is 5.27. The molecule has 4 nitrogen and oxygen atoms in total. The summed E-state index contributed by atoms with van der Waals surface area (Å²) in [6.45, 7) is 0. The summed E-state index contributed by atoms with van der Waals surface area (Å²) in [5.41, 5.74) is 0.463. The monoisotopic (exact) mass is 350 g/mol. The molecule has 2 rings (SSSR count). The Morgan fingerprint density at radius 2 is 1.70 bits per heavy atom. The Bertz CT molecular complexity index is 668. The van der Waals surface area contributed by atoms with Crippen molar-refractivity contribution in [2.45, 2.75) is 0 Å². The van der Waals surface area contributed by atoms with Gasteiger partial charge in [0.1, 0.15) is 10.3 Å². The number of aromatic nitrogens is 1. The highest BCUT2D eigenvalue weighted by atomic mass is 35.5. The van der Waals surface area contributed by atoms with E-state index in [0.717, 1.165) is 0 Å². The van der Waals surface area contributed by atoms with Gasteiger partial charge in [-0.05, 0) is 24.3 Å². The zero-order valence-corrected chi connectivity index (χ0v) is 12.6. The highest BCUT2D eigenvalue weighted by molar-refractivity contribution is 6.38. The van der Waals surface area contributed by atoms with Crippen molar-refractivity contribution in [3.63, 3.8) is 0 Å². The number of nitrogens with zero attached hydrogens (tertiary/aromatic N) is 1. The Morgan fingerprint density at radius 1 is 1.10 bits per heavy atom. The van der Waals surface area contributed by atoms with E-state index in [-0.39, 0.29) is 31.7 Å². The summed E-state index contributed by atoms with van der Waals surface area (Å²) in [6.07, 6.45) is 0. The number of carbonyl (C=O) groups excluding carboxylic acids is 1. The number of pyridine rings is 1. The van der Waals surface area contributed by atoms with E-state index in [1.54, 1.807) is 0 Å². The first-order chi connectivity index (χ1) is 9.38. The number of anilines is 1. The average molecular weight is 352 g/mol. The number of halogens is 4. The molecule has 0 saturated heterocycles. The molecule has 1 amide bonds. The summed E-state index contributed by atoms with van der Waals surface area (Å²) >= 11 is 23.0. The molecule has 1 heterocycles. The number of nitrogens with one attached hydrogen (secondary N) is 1. The molecule has 0 fully saturated rings. The van der Waals surface area contributed by atoms with E-state index >= 15 is 0 Å². The molecule has 2 aromatic rings. The Kier molecular flexibility index (Phi) is 4.60. The third-order valence-corrected chi connectivity index (χ3v) is 3.41. The normalized spacial score (nSPS) is 10.4. The van der Waals surface area contributed by atoms with Crippen LogP contribution in [0.5, 0.6) is 5.75 Å². The molecule has 0 aliphatic heterocycles. The lowest BCUT2D eigenvalue weighted by atomic mass is 10.2. The summed E-state index contributed by atoms with van der Waals surface area (Å²) in [6, 6.07) is 5.60. The standard InChI is InChI=1S/C12H6Cl4N2O2/c13-7-3-5(4-8(14)10(7)19)17-12(20)6-1-2-9(15)18-11(6)16/h1-4,19H,(H,17,20). The van der Waals surface area contributed by atoms with Crippen molar-refractivity contribution in [3.05, 3.63) is 50.2 Å². The van der Waals surface area contributed by atoms with Gasteiger partial charge in [0.25, 0.3) is 5.91 Å². The van der Waals surface area contributed by atoms with Crippen LogP contribution in [0, 0.1) is 0 Å². The molecular formula is C12H6Cl4N2O2. The van der Waals surface area contributed by atoms with Gasteiger partial charge in [-0.25, -0.2) is 4.98 Å². The minimum Gasteiger partial charge on any atom is -0.505 e. The summed E-state index contributed by atoms with van der Waals surface area (Å²) < 4.78 is 0. The molecule has 0 atom stereocenters. The van der Waals surface area contributed by atoms with Gasteiger partial charge in [-0.2, -0.15) is 0 Å². The summed E-state index contributed by atoms with van der Waals surface area (Å²) in [4.78, 5) is 15.8. The maximum Gasteiger partial charge on any atom is 0.258 e. The third kappa shape index (κ3) is 3.27. The quantitative estimate of drug-likeness (QED) is 0.611. The topological polar surface area (TPSA) is 62.2 Å². The molecule has 0 spiro atoms. The largest absolute Gasteiger partial charge is 0.505 e. The minimum absolute atomic E-state index is 0.0214. The molecule has 8 heteroatoms. The number of benzene rings is 1. The zero-order valence-electron chi connectivity index (χ0n) is 9.62. The SMILES string of the molecule is O=C(Nc1cc(Cl)c(O)c(Cl)c1)c1ccc(Cl)nc1Cl. The van der Waals surface area contributed by atoms with Crippen LogP contribution in [0.25, 0.3) is 0 Å². The highest BCUT2D eigenvalue weighted by Crippen LogP contribution is 2.34. The van der Waals surface area contributed by atoms with E-state index in [9.17, 15) is 9.90 Å². The molecule has 0 unspecified atom stereocenters. The van der Waals surface area contributed by atoms with Crippen LogP contribution in [0.15, 0.2) is 24.3 Å². The van der Waals surface area contributed by atoms with Crippen molar-refractivity contribution in [1.29, 1.82) is 0 Å². The first-order valence-corrected chi connectivity index (χ1v) is 6.71. The van der Waals surface area contributed by atoms with Crippen LogP contribution in [0.1, 0.15) is 10.4 Å². The predicted octanol–water partition coefficient (Wildman–Crippen LogP) is 4.65. The fourth-order valence-electron chi connectivity index (χ4n) is 1.42. The highest BCUT2D eigenvalue weighted by Gasteiger charge is 2.14. The van der Waals surface area contributed by atoms with Gasteiger partial charge in [-0.1, -0.05) is 46.4 Å². The minimum atomic E-state index is -0.503. The number of rotatable bonds is 2. The van der Waals surface area contributed by atoms with Gasteiger partial charge in [-0.15, -0.1) is 0 Å². The van der Waals surface area contributed by atoms with Crippen molar-refractivity contribution >= 4 is 58.0 Å². The first-order valence-electron chi connectivity index (χ1n) is 5.20. The number of carbonyl (C=O) groups is 1. The molecular weight excluding hydrogens is 346 g/mol. The van der Waals surface area contributed by atoms with Gasteiger partial charge < -0.3 is 10.4 Å². The number of hydrogen-bond donors (Lipinski definition) is 2.